The molecule has 1 heterocycles. The predicted octanol–water partition coefficient (Wildman–Crippen LogP) is 1.53. The molecule has 2 aromatic carbocycles. The lowest BCUT2D eigenvalue weighted by Gasteiger charge is -2.43. The first-order valence-electron chi connectivity index (χ1n) is 16.9. The number of methoxy groups -OCH3 is 1. The predicted molar refractivity (Wildman–Crippen MR) is 175 cm³/mol. The Morgan fingerprint density at radius 3 is 2.50 bits per heavy atom. The van der Waals surface area contributed by atoms with Crippen molar-refractivity contribution in [3.63, 3.8) is 0 Å². The monoisotopic (exact) mass is 699 g/mol. The Labute approximate surface area is 289 Å². The van der Waals surface area contributed by atoms with Crippen LogP contribution >= 0.6 is 0 Å². The van der Waals surface area contributed by atoms with Gasteiger partial charge in [0.15, 0.2) is 17.9 Å². The Morgan fingerprint density at radius 2 is 1.82 bits per heavy atom. The molecule has 0 amide bonds. The highest BCUT2D eigenvalue weighted by molar-refractivity contribution is 6.31. The van der Waals surface area contributed by atoms with E-state index in [4.69, 9.17) is 14.2 Å². The number of carbonyl (C=O) groups excluding carboxylic acids is 4. The number of aliphatic hydroxyl groups is 4. The zero-order chi connectivity index (χ0) is 36.5. The van der Waals surface area contributed by atoms with Crippen molar-refractivity contribution in [1.82, 2.24) is 5.32 Å². The molecule has 1 aliphatic heterocycles. The molecule has 14 heteroatoms. The highest BCUT2D eigenvalue weighted by Gasteiger charge is 2.50. The van der Waals surface area contributed by atoms with Crippen LogP contribution in [0.25, 0.3) is 0 Å². The van der Waals surface area contributed by atoms with E-state index in [1.165, 1.54) is 25.3 Å². The molecule has 0 radical (unpaired) electrons. The lowest BCUT2D eigenvalue weighted by molar-refractivity contribution is -0.249. The van der Waals surface area contributed by atoms with E-state index in [-0.39, 0.29) is 46.6 Å². The molecule has 0 bridgehead atoms. The van der Waals surface area contributed by atoms with Crippen LogP contribution in [0.4, 0.5) is 0 Å². The van der Waals surface area contributed by atoms with Crippen molar-refractivity contribution in [2.24, 2.45) is 0 Å². The van der Waals surface area contributed by atoms with Crippen molar-refractivity contribution in [3.05, 3.63) is 51.6 Å². The van der Waals surface area contributed by atoms with E-state index < -0.39 is 102 Å². The summed E-state index contributed by atoms with van der Waals surface area (Å²) in [5.41, 5.74) is -3.74. The molecule has 1 saturated heterocycles. The Kier molecular flexibility index (Phi) is 11.4. The lowest BCUT2D eigenvalue weighted by Crippen LogP contribution is -2.54. The number of rotatable bonds is 14. The van der Waals surface area contributed by atoms with Gasteiger partial charge in [-0.15, -0.1) is 0 Å². The van der Waals surface area contributed by atoms with Crippen molar-refractivity contribution in [2.75, 3.05) is 20.3 Å². The van der Waals surface area contributed by atoms with Crippen LogP contribution in [0.3, 0.4) is 0 Å². The molecule has 0 spiro atoms. The second-order valence-electron chi connectivity index (χ2n) is 13.3. The fraction of sp³-hybridized carbons (Fsp3) is 0.556. The minimum Gasteiger partial charge on any atom is -0.507 e. The SMILES string of the molecule is CCC(=O)C[C@@H](O)CCCCN[C@H]1C[C@H](O[C@H]2C[C@](O)(C(=O)CO)Cc3c(O)c4c(c(O)c32)C(=O)c2c(OC)cccc2C4=O)O[C@@H](C)[C@H]1O. The van der Waals surface area contributed by atoms with Crippen LogP contribution in [0.5, 0.6) is 17.2 Å². The van der Waals surface area contributed by atoms with Crippen molar-refractivity contribution >= 4 is 23.1 Å². The molecule has 0 aromatic heterocycles. The fourth-order valence-electron chi connectivity index (χ4n) is 7.22. The normalized spacial score (nSPS) is 26.5. The summed E-state index contributed by atoms with van der Waals surface area (Å²) in [5.74, 6) is -3.85. The first kappa shape index (κ1) is 37.5. The van der Waals surface area contributed by atoms with Crippen LogP contribution in [0, 0.1) is 0 Å². The molecule has 0 saturated carbocycles. The summed E-state index contributed by atoms with van der Waals surface area (Å²) in [6.45, 7) is 2.80. The smallest absolute Gasteiger partial charge is 0.202 e. The van der Waals surface area contributed by atoms with Crippen molar-refractivity contribution < 1.29 is 64.0 Å². The van der Waals surface area contributed by atoms with E-state index in [1.807, 2.05) is 0 Å². The number of nitrogens with one attached hydrogen (secondary N) is 1. The molecule has 272 valence electrons. The Balaban J connectivity index is 1.42. The molecule has 7 N–H and O–H groups in total. The Morgan fingerprint density at radius 1 is 1.10 bits per heavy atom. The number of aromatic hydroxyl groups is 2. The molecule has 0 unspecified atom stereocenters. The highest BCUT2D eigenvalue weighted by atomic mass is 16.7. The highest BCUT2D eigenvalue weighted by Crippen LogP contribution is 2.52. The number of hydrogen-bond acceptors (Lipinski definition) is 14. The van der Waals surface area contributed by atoms with Gasteiger partial charge in [-0.2, -0.15) is 0 Å². The van der Waals surface area contributed by atoms with E-state index in [0.717, 1.165) is 0 Å². The average Bonchev–Trinajstić information content (AvgIpc) is 3.09. The van der Waals surface area contributed by atoms with Crippen LogP contribution < -0.4 is 10.1 Å². The molecule has 3 aliphatic rings. The third kappa shape index (κ3) is 7.06. The van der Waals surface area contributed by atoms with E-state index in [2.05, 4.69) is 5.32 Å². The van der Waals surface area contributed by atoms with E-state index in [0.29, 0.717) is 32.2 Å². The number of aliphatic hydroxyl groups excluding tert-OH is 3. The number of ether oxygens (including phenoxy) is 3. The fourth-order valence-corrected chi connectivity index (χ4v) is 7.22. The van der Waals surface area contributed by atoms with E-state index in [1.54, 1.807) is 13.8 Å². The van der Waals surface area contributed by atoms with Gasteiger partial charge in [0, 0.05) is 54.8 Å². The summed E-state index contributed by atoms with van der Waals surface area (Å²) in [7, 11) is 1.32. The molecular formula is C36H45NO13. The van der Waals surface area contributed by atoms with Gasteiger partial charge < -0.3 is 50.2 Å². The molecular weight excluding hydrogens is 654 g/mol. The zero-order valence-electron chi connectivity index (χ0n) is 28.3. The number of phenols is 2. The number of carbonyl (C=O) groups is 4. The maximum absolute atomic E-state index is 13.9. The average molecular weight is 700 g/mol. The minimum atomic E-state index is -2.28. The van der Waals surface area contributed by atoms with Gasteiger partial charge in [0.05, 0.1) is 48.2 Å². The number of Topliss-reactive ketones (excluding diaryl/α,β-unsaturated/α-hetero) is 2. The maximum Gasteiger partial charge on any atom is 0.202 e. The minimum absolute atomic E-state index is 0.00481. The van der Waals surface area contributed by atoms with Gasteiger partial charge in [-0.25, -0.2) is 0 Å². The summed E-state index contributed by atoms with van der Waals surface area (Å²) < 4.78 is 17.5. The summed E-state index contributed by atoms with van der Waals surface area (Å²) >= 11 is 0. The third-order valence-electron chi connectivity index (χ3n) is 9.99. The van der Waals surface area contributed by atoms with E-state index >= 15 is 0 Å². The number of fused-ring (bicyclic) bond motifs is 3. The van der Waals surface area contributed by atoms with Crippen molar-refractivity contribution in [3.8, 4) is 17.2 Å². The summed E-state index contributed by atoms with van der Waals surface area (Å²) in [6.07, 6.45) is -3.64. The van der Waals surface area contributed by atoms with Gasteiger partial charge in [0.2, 0.25) is 5.78 Å². The second kappa shape index (κ2) is 15.2. The van der Waals surface area contributed by atoms with E-state index in [9.17, 15) is 49.8 Å². The maximum atomic E-state index is 13.9. The molecule has 2 aliphatic carbocycles. The number of hydrogen-bond donors (Lipinski definition) is 7. The van der Waals surface area contributed by atoms with Gasteiger partial charge in [0.25, 0.3) is 0 Å². The number of benzene rings is 2. The number of unbranched alkanes of at least 4 members (excludes halogenated alkanes) is 1. The van der Waals surface area contributed by atoms with Crippen LogP contribution in [-0.4, -0.2) is 110 Å². The molecule has 14 nitrogen and oxygen atoms in total. The van der Waals surface area contributed by atoms with Gasteiger partial charge >= 0.3 is 0 Å². The van der Waals surface area contributed by atoms with Gasteiger partial charge in [-0.05, 0) is 38.8 Å². The summed E-state index contributed by atoms with van der Waals surface area (Å²) in [4.78, 5) is 52.0. The van der Waals surface area contributed by atoms with Crippen LogP contribution in [0.2, 0.25) is 0 Å². The van der Waals surface area contributed by atoms with Gasteiger partial charge in [-0.3, -0.25) is 19.2 Å². The summed E-state index contributed by atoms with van der Waals surface area (Å²) in [6, 6.07) is 3.83. The second-order valence-corrected chi connectivity index (χ2v) is 13.3. The quantitative estimate of drug-likeness (QED) is 0.0936. The van der Waals surface area contributed by atoms with Crippen LogP contribution in [0.1, 0.15) is 108 Å². The van der Waals surface area contributed by atoms with Crippen molar-refractivity contribution in [2.45, 2.75) is 108 Å². The first-order valence-corrected chi connectivity index (χ1v) is 16.9. The van der Waals surface area contributed by atoms with Crippen molar-refractivity contribution in [1.29, 1.82) is 0 Å². The van der Waals surface area contributed by atoms with Crippen LogP contribution in [0.15, 0.2) is 18.2 Å². The third-order valence-corrected chi connectivity index (χ3v) is 9.99. The Bertz CT molecular complexity index is 1660. The number of phenolic OH excluding ortho intramolecular Hbond substituents is 2. The standard InChI is InChI=1S/C36H45NO13/c1-4-18(39)12-19(40)8-5-6-11-37-22-13-26(49-17(2)31(22)42)50-24-15-36(47,25(41)16-38)14-21-28(24)35(46)30-29(33(21)44)32(43)20-9-7-10-23(48-3)27(20)34(30)45/h7,9-10,17,19,22,24,26,31,37-38,40,42,44,46-47H,4-6,8,11-16H2,1-3H3/t17-,19-,22-,24-,26-,31+,36-/m0/s1. The lowest BCUT2D eigenvalue weighted by atomic mass is 9.72. The molecule has 50 heavy (non-hydrogen) atoms. The molecule has 5 rings (SSSR count). The molecule has 1 fully saturated rings. The topological polar surface area (TPSA) is 229 Å². The zero-order valence-corrected chi connectivity index (χ0v) is 28.3. The van der Waals surface area contributed by atoms with Gasteiger partial charge in [-0.1, -0.05) is 19.1 Å². The first-order chi connectivity index (χ1) is 23.8. The molecule has 7 atom stereocenters. The summed E-state index contributed by atoms with van der Waals surface area (Å²) in [5, 5.41) is 68.7. The van der Waals surface area contributed by atoms with Crippen LogP contribution in [-0.2, 0) is 25.5 Å². The Hall–Kier alpha value is -3.76. The molecule has 2 aromatic rings. The number of ketones is 4. The largest absolute Gasteiger partial charge is 0.507 e. The van der Waals surface area contributed by atoms with Gasteiger partial charge in [0.1, 0.15) is 35.2 Å².